The van der Waals surface area contributed by atoms with Gasteiger partial charge in [-0.15, -0.1) is 0 Å². The van der Waals surface area contributed by atoms with E-state index in [9.17, 15) is 4.79 Å². The SMILES string of the molecule is CCOc1ccc(CNC(=O)COc2cccc(Cl)c2)cc1OCC. The number of carbonyl (C=O) groups is 1. The van der Waals surface area contributed by atoms with Gasteiger partial charge < -0.3 is 19.5 Å². The first-order valence-electron chi connectivity index (χ1n) is 8.16. The molecule has 0 bridgehead atoms. The van der Waals surface area contributed by atoms with E-state index in [1.807, 2.05) is 32.0 Å². The van der Waals surface area contributed by atoms with Gasteiger partial charge in [-0.3, -0.25) is 4.79 Å². The molecule has 5 nitrogen and oxygen atoms in total. The number of hydrogen-bond acceptors (Lipinski definition) is 4. The van der Waals surface area contributed by atoms with Crippen LogP contribution in [0.5, 0.6) is 17.2 Å². The van der Waals surface area contributed by atoms with Crippen molar-refractivity contribution in [2.24, 2.45) is 0 Å². The fourth-order valence-electron chi connectivity index (χ4n) is 2.16. The first-order valence-corrected chi connectivity index (χ1v) is 8.53. The van der Waals surface area contributed by atoms with Crippen LogP contribution in [0.1, 0.15) is 19.4 Å². The minimum Gasteiger partial charge on any atom is -0.490 e. The molecule has 1 N–H and O–H groups in total. The molecule has 0 aromatic heterocycles. The van der Waals surface area contributed by atoms with E-state index in [-0.39, 0.29) is 12.5 Å². The van der Waals surface area contributed by atoms with Crippen molar-refractivity contribution < 1.29 is 19.0 Å². The van der Waals surface area contributed by atoms with Gasteiger partial charge in [0.1, 0.15) is 5.75 Å². The molecule has 2 rings (SSSR count). The summed E-state index contributed by atoms with van der Waals surface area (Å²) in [6, 6.07) is 12.5. The topological polar surface area (TPSA) is 56.8 Å². The Balaban J connectivity index is 1.87. The average Bonchev–Trinajstić information content (AvgIpc) is 2.60. The Hall–Kier alpha value is -2.40. The van der Waals surface area contributed by atoms with Crippen LogP contribution in [0, 0.1) is 0 Å². The van der Waals surface area contributed by atoms with E-state index < -0.39 is 0 Å². The number of rotatable bonds is 9. The Kier molecular flexibility index (Phi) is 7.41. The highest BCUT2D eigenvalue weighted by atomic mass is 35.5. The number of amides is 1. The minimum absolute atomic E-state index is 0.0737. The summed E-state index contributed by atoms with van der Waals surface area (Å²) in [7, 11) is 0. The summed E-state index contributed by atoms with van der Waals surface area (Å²) in [4.78, 5) is 11.9. The van der Waals surface area contributed by atoms with Crippen LogP contribution in [-0.4, -0.2) is 25.7 Å². The molecule has 0 aliphatic heterocycles. The summed E-state index contributed by atoms with van der Waals surface area (Å²) in [6.45, 7) is 5.25. The van der Waals surface area contributed by atoms with Crippen LogP contribution >= 0.6 is 11.6 Å². The molecule has 134 valence electrons. The highest BCUT2D eigenvalue weighted by Crippen LogP contribution is 2.28. The third-order valence-corrected chi connectivity index (χ3v) is 3.50. The zero-order valence-electron chi connectivity index (χ0n) is 14.4. The van der Waals surface area contributed by atoms with Gasteiger partial charge in [0.15, 0.2) is 18.1 Å². The Labute approximate surface area is 152 Å². The summed E-state index contributed by atoms with van der Waals surface area (Å²) >= 11 is 5.87. The quantitative estimate of drug-likeness (QED) is 0.735. The monoisotopic (exact) mass is 363 g/mol. The fraction of sp³-hybridized carbons (Fsp3) is 0.316. The zero-order valence-corrected chi connectivity index (χ0v) is 15.1. The summed E-state index contributed by atoms with van der Waals surface area (Å²) in [5, 5.41) is 3.38. The third-order valence-electron chi connectivity index (χ3n) is 3.26. The maximum Gasteiger partial charge on any atom is 0.258 e. The van der Waals surface area contributed by atoms with Crippen molar-refractivity contribution >= 4 is 17.5 Å². The van der Waals surface area contributed by atoms with Crippen LogP contribution in [0.15, 0.2) is 42.5 Å². The van der Waals surface area contributed by atoms with Crippen molar-refractivity contribution in [2.45, 2.75) is 20.4 Å². The second-order valence-corrected chi connectivity index (χ2v) is 5.61. The van der Waals surface area contributed by atoms with Crippen LogP contribution in [0.4, 0.5) is 0 Å². The molecule has 0 saturated heterocycles. The Morgan fingerprint density at radius 2 is 1.76 bits per heavy atom. The van der Waals surface area contributed by atoms with E-state index >= 15 is 0 Å². The van der Waals surface area contributed by atoms with Crippen molar-refractivity contribution in [2.75, 3.05) is 19.8 Å². The van der Waals surface area contributed by atoms with E-state index in [1.165, 1.54) is 0 Å². The smallest absolute Gasteiger partial charge is 0.258 e. The van der Waals surface area contributed by atoms with Gasteiger partial charge in [-0.25, -0.2) is 0 Å². The lowest BCUT2D eigenvalue weighted by molar-refractivity contribution is -0.123. The molecule has 2 aromatic carbocycles. The number of benzene rings is 2. The largest absolute Gasteiger partial charge is 0.490 e. The lowest BCUT2D eigenvalue weighted by atomic mass is 10.2. The normalized spacial score (nSPS) is 10.2. The molecule has 25 heavy (non-hydrogen) atoms. The lowest BCUT2D eigenvalue weighted by Gasteiger charge is -2.13. The van der Waals surface area contributed by atoms with E-state index in [1.54, 1.807) is 24.3 Å². The molecule has 0 atom stereocenters. The number of ether oxygens (including phenoxy) is 3. The molecular weight excluding hydrogens is 342 g/mol. The molecular formula is C19H22ClNO4. The second-order valence-electron chi connectivity index (χ2n) is 5.17. The molecule has 6 heteroatoms. The predicted molar refractivity (Wildman–Crippen MR) is 97.6 cm³/mol. The molecule has 0 heterocycles. The predicted octanol–water partition coefficient (Wildman–Crippen LogP) is 3.83. The summed E-state index contributed by atoms with van der Waals surface area (Å²) in [5.41, 5.74) is 0.919. The lowest BCUT2D eigenvalue weighted by Crippen LogP contribution is -2.28. The molecule has 0 fully saturated rings. The van der Waals surface area contributed by atoms with Gasteiger partial charge in [0.2, 0.25) is 0 Å². The van der Waals surface area contributed by atoms with E-state index in [2.05, 4.69) is 5.32 Å². The standard InChI is InChI=1S/C19H22ClNO4/c1-3-23-17-9-8-14(10-18(17)24-4-2)12-21-19(22)13-25-16-7-5-6-15(20)11-16/h5-11H,3-4,12-13H2,1-2H3,(H,21,22). The maximum absolute atomic E-state index is 11.9. The molecule has 0 radical (unpaired) electrons. The second kappa shape index (κ2) is 9.79. The Bertz CT molecular complexity index is 706. The molecule has 0 saturated carbocycles. The summed E-state index contributed by atoms with van der Waals surface area (Å²) < 4.78 is 16.5. The molecule has 0 unspecified atom stereocenters. The van der Waals surface area contributed by atoms with Gasteiger partial charge in [-0.1, -0.05) is 23.7 Å². The molecule has 2 aromatic rings. The van der Waals surface area contributed by atoms with Crippen molar-refractivity contribution in [3.05, 3.63) is 53.1 Å². The van der Waals surface area contributed by atoms with Crippen molar-refractivity contribution in [3.63, 3.8) is 0 Å². The molecule has 0 aliphatic carbocycles. The Morgan fingerprint density at radius 3 is 2.48 bits per heavy atom. The highest BCUT2D eigenvalue weighted by molar-refractivity contribution is 6.30. The van der Waals surface area contributed by atoms with Gasteiger partial charge in [0.05, 0.1) is 13.2 Å². The molecule has 0 spiro atoms. The van der Waals surface area contributed by atoms with Gasteiger partial charge in [-0.05, 0) is 49.7 Å². The van der Waals surface area contributed by atoms with Crippen LogP contribution in [-0.2, 0) is 11.3 Å². The van der Waals surface area contributed by atoms with Crippen LogP contribution < -0.4 is 19.5 Å². The van der Waals surface area contributed by atoms with Crippen molar-refractivity contribution in [3.8, 4) is 17.2 Å². The van der Waals surface area contributed by atoms with Gasteiger partial charge in [0, 0.05) is 11.6 Å². The number of nitrogens with one attached hydrogen (secondary N) is 1. The van der Waals surface area contributed by atoms with Crippen LogP contribution in [0.3, 0.4) is 0 Å². The van der Waals surface area contributed by atoms with Gasteiger partial charge in [0.25, 0.3) is 5.91 Å². The van der Waals surface area contributed by atoms with Crippen molar-refractivity contribution in [1.29, 1.82) is 0 Å². The highest BCUT2D eigenvalue weighted by Gasteiger charge is 2.08. The van der Waals surface area contributed by atoms with Gasteiger partial charge >= 0.3 is 0 Å². The fourth-order valence-corrected chi connectivity index (χ4v) is 2.34. The van der Waals surface area contributed by atoms with E-state index in [4.69, 9.17) is 25.8 Å². The number of hydrogen-bond donors (Lipinski definition) is 1. The molecule has 0 aliphatic rings. The number of carbonyl (C=O) groups excluding carboxylic acids is 1. The maximum atomic E-state index is 11.9. The zero-order chi connectivity index (χ0) is 18.1. The van der Waals surface area contributed by atoms with Crippen LogP contribution in [0.25, 0.3) is 0 Å². The van der Waals surface area contributed by atoms with Crippen molar-refractivity contribution in [1.82, 2.24) is 5.32 Å². The first-order chi connectivity index (χ1) is 12.1. The summed E-state index contributed by atoms with van der Waals surface area (Å²) in [5.74, 6) is 1.71. The van der Waals surface area contributed by atoms with Crippen LogP contribution in [0.2, 0.25) is 5.02 Å². The summed E-state index contributed by atoms with van der Waals surface area (Å²) in [6.07, 6.45) is 0. The van der Waals surface area contributed by atoms with E-state index in [0.29, 0.717) is 42.0 Å². The first kappa shape index (κ1) is 18.9. The number of halogens is 1. The third kappa shape index (κ3) is 6.19. The Morgan fingerprint density at radius 1 is 1.00 bits per heavy atom. The minimum atomic E-state index is -0.216. The van der Waals surface area contributed by atoms with E-state index in [0.717, 1.165) is 5.56 Å². The average molecular weight is 364 g/mol. The molecule has 1 amide bonds. The van der Waals surface area contributed by atoms with Gasteiger partial charge in [-0.2, -0.15) is 0 Å².